The lowest BCUT2D eigenvalue weighted by Crippen LogP contribution is -2.59. The standard InChI is InChI=1S/C18H26O7S/c1-10(2)14(19)16(21)18(23,17(22)15(20)11(3)4)26(24,25)13-8-6-12(5)7-9-13/h6-9,16-17,19-23H,1-5H3/t16-,17+,18?. The zero-order valence-electron chi connectivity index (χ0n) is 15.4. The molecule has 5 N–H and O–H groups in total. The van der Waals surface area contributed by atoms with Crippen molar-refractivity contribution in [1.82, 2.24) is 0 Å². The van der Waals surface area contributed by atoms with Gasteiger partial charge in [0, 0.05) is 0 Å². The number of sulfone groups is 1. The highest BCUT2D eigenvalue weighted by Crippen LogP contribution is 2.36. The molecule has 0 aromatic heterocycles. The molecule has 3 atom stereocenters. The summed E-state index contributed by atoms with van der Waals surface area (Å²) in [6.45, 7) is 7.31. The van der Waals surface area contributed by atoms with E-state index in [2.05, 4.69) is 0 Å². The molecule has 0 aliphatic carbocycles. The zero-order valence-corrected chi connectivity index (χ0v) is 16.2. The molecule has 0 spiro atoms. The van der Waals surface area contributed by atoms with E-state index in [-0.39, 0.29) is 16.0 Å². The molecule has 7 nitrogen and oxygen atoms in total. The van der Waals surface area contributed by atoms with Gasteiger partial charge in [0.2, 0.25) is 14.8 Å². The van der Waals surface area contributed by atoms with Crippen LogP contribution in [0.2, 0.25) is 0 Å². The average Bonchev–Trinajstić information content (AvgIpc) is 2.58. The maximum absolute atomic E-state index is 13.1. The molecule has 146 valence electrons. The van der Waals surface area contributed by atoms with Gasteiger partial charge in [-0.25, -0.2) is 8.42 Å². The molecule has 1 unspecified atom stereocenters. The number of hydrogen-bond donors (Lipinski definition) is 5. The second-order valence-corrected chi connectivity index (χ2v) is 8.78. The summed E-state index contributed by atoms with van der Waals surface area (Å²) in [6.07, 6.45) is -4.79. The van der Waals surface area contributed by atoms with Crippen LogP contribution in [-0.2, 0) is 9.84 Å². The van der Waals surface area contributed by atoms with Crippen LogP contribution in [0.25, 0.3) is 0 Å². The molecule has 0 aliphatic heterocycles. The van der Waals surface area contributed by atoms with E-state index in [0.29, 0.717) is 0 Å². The molecule has 0 aliphatic rings. The van der Waals surface area contributed by atoms with Crippen LogP contribution in [-0.4, -0.2) is 51.1 Å². The van der Waals surface area contributed by atoms with Gasteiger partial charge in [0.25, 0.3) is 0 Å². The van der Waals surface area contributed by atoms with Gasteiger partial charge < -0.3 is 25.5 Å². The van der Waals surface area contributed by atoms with Crippen LogP contribution in [0.1, 0.15) is 33.3 Å². The van der Waals surface area contributed by atoms with Crippen molar-refractivity contribution in [3.05, 3.63) is 52.5 Å². The van der Waals surface area contributed by atoms with E-state index < -0.39 is 38.5 Å². The summed E-state index contributed by atoms with van der Waals surface area (Å²) in [6, 6.07) is 5.36. The fourth-order valence-electron chi connectivity index (χ4n) is 2.29. The summed E-state index contributed by atoms with van der Waals surface area (Å²) in [7, 11) is -4.81. The topological polar surface area (TPSA) is 135 Å². The minimum Gasteiger partial charge on any atom is -0.509 e. The summed E-state index contributed by atoms with van der Waals surface area (Å²) >= 11 is 0. The van der Waals surface area contributed by atoms with Gasteiger partial charge in [-0.2, -0.15) is 0 Å². The Morgan fingerprint density at radius 1 is 0.885 bits per heavy atom. The minimum absolute atomic E-state index is 0.138. The largest absolute Gasteiger partial charge is 0.509 e. The third kappa shape index (κ3) is 3.78. The Labute approximate surface area is 153 Å². The molecule has 0 radical (unpaired) electrons. The quantitative estimate of drug-likeness (QED) is 0.471. The molecular formula is C18H26O7S. The Morgan fingerprint density at radius 3 is 1.54 bits per heavy atom. The van der Waals surface area contributed by atoms with Crippen LogP contribution in [0.3, 0.4) is 0 Å². The third-order valence-corrected chi connectivity index (χ3v) is 6.29. The number of hydrogen-bond acceptors (Lipinski definition) is 7. The van der Waals surface area contributed by atoms with Gasteiger partial charge in [-0.3, -0.25) is 0 Å². The molecular weight excluding hydrogens is 360 g/mol. The van der Waals surface area contributed by atoms with Gasteiger partial charge in [0.05, 0.1) is 4.90 Å². The normalized spacial score (nSPS) is 16.3. The van der Waals surface area contributed by atoms with E-state index in [1.54, 1.807) is 6.92 Å². The number of aryl methyl sites for hydroxylation is 1. The van der Waals surface area contributed by atoms with Gasteiger partial charge in [-0.05, 0) is 57.9 Å². The summed E-state index contributed by atoms with van der Waals surface area (Å²) in [5.74, 6) is -1.63. The highest BCUT2D eigenvalue weighted by atomic mass is 32.2. The van der Waals surface area contributed by atoms with Crippen molar-refractivity contribution in [2.24, 2.45) is 0 Å². The van der Waals surface area contributed by atoms with Crippen LogP contribution in [0, 0.1) is 6.92 Å². The predicted molar refractivity (Wildman–Crippen MR) is 97.3 cm³/mol. The lowest BCUT2D eigenvalue weighted by atomic mass is 10.00. The molecule has 1 aromatic rings. The monoisotopic (exact) mass is 386 g/mol. The molecule has 1 rings (SSSR count). The lowest BCUT2D eigenvalue weighted by molar-refractivity contribution is -0.0863. The summed E-state index contributed by atoms with van der Waals surface area (Å²) in [5, 5.41) is 51.9. The maximum atomic E-state index is 13.1. The second kappa shape index (κ2) is 7.79. The highest BCUT2D eigenvalue weighted by molar-refractivity contribution is 7.92. The zero-order chi connectivity index (χ0) is 20.4. The lowest BCUT2D eigenvalue weighted by Gasteiger charge is -2.36. The van der Waals surface area contributed by atoms with Gasteiger partial charge in [-0.15, -0.1) is 0 Å². The summed E-state index contributed by atoms with van der Waals surface area (Å²) in [5.41, 5.74) is 1.03. The first-order valence-corrected chi connectivity index (χ1v) is 9.39. The smallest absolute Gasteiger partial charge is 0.237 e. The van der Waals surface area contributed by atoms with E-state index in [1.165, 1.54) is 52.0 Å². The first-order valence-electron chi connectivity index (χ1n) is 7.90. The SMILES string of the molecule is CC(C)=C(O)[C@@H](O)C(O)([C@@H](O)C(O)=C(C)C)S(=O)(=O)c1ccc(C)cc1. The number of rotatable bonds is 6. The third-order valence-electron chi connectivity index (χ3n) is 4.09. The number of allylic oxidation sites excluding steroid dienone is 2. The van der Waals surface area contributed by atoms with Crippen molar-refractivity contribution < 1.29 is 34.0 Å². The van der Waals surface area contributed by atoms with Crippen molar-refractivity contribution in [3.63, 3.8) is 0 Å². The molecule has 8 heteroatoms. The van der Waals surface area contributed by atoms with Crippen molar-refractivity contribution in [1.29, 1.82) is 0 Å². The predicted octanol–water partition coefficient (Wildman–Crippen LogP) is 1.88. The number of aliphatic hydroxyl groups is 5. The van der Waals surface area contributed by atoms with Crippen molar-refractivity contribution in [3.8, 4) is 0 Å². The van der Waals surface area contributed by atoms with Crippen molar-refractivity contribution in [2.45, 2.75) is 56.7 Å². The van der Waals surface area contributed by atoms with E-state index >= 15 is 0 Å². The molecule has 0 bridgehead atoms. The van der Waals surface area contributed by atoms with E-state index in [4.69, 9.17) is 0 Å². The van der Waals surface area contributed by atoms with E-state index in [0.717, 1.165) is 5.56 Å². The van der Waals surface area contributed by atoms with Crippen LogP contribution in [0.15, 0.2) is 51.8 Å². The average molecular weight is 386 g/mol. The van der Waals surface area contributed by atoms with Crippen LogP contribution >= 0.6 is 0 Å². The van der Waals surface area contributed by atoms with Gasteiger partial charge in [0.1, 0.15) is 11.5 Å². The van der Waals surface area contributed by atoms with E-state index in [1.807, 2.05) is 0 Å². The minimum atomic E-state index is -4.81. The van der Waals surface area contributed by atoms with Crippen LogP contribution in [0.4, 0.5) is 0 Å². The molecule has 0 heterocycles. The number of aliphatic hydroxyl groups excluding tert-OH is 4. The van der Waals surface area contributed by atoms with Crippen LogP contribution in [0.5, 0.6) is 0 Å². The molecule has 0 amide bonds. The van der Waals surface area contributed by atoms with Crippen molar-refractivity contribution in [2.75, 3.05) is 0 Å². The number of benzene rings is 1. The fraction of sp³-hybridized carbons (Fsp3) is 0.444. The van der Waals surface area contributed by atoms with Crippen LogP contribution < -0.4 is 0 Å². The second-order valence-electron chi connectivity index (χ2n) is 6.64. The molecule has 0 saturated heterocycles. The fourth-order valence-corrected chi connectivity index (χ4v) is 3.97. The maximum Gasteiger partial charge on any atom is 0.237 e. The first-order chi connectivity index (χ1) is 11.8. The van der Waals surface area contributed by atoms with Gasteiger partial charge in [0.15, 0.2) is 12.2 Å². The molecule has 1 aromatic carbocycles. The molecule has 0 fully saturated rings. The Bertz CT molecular complexity index is 782. The van der Waals surface area contributed by atoms with Crippen molar-refractivity contribution >= 4 is 9.84 Å². The summed E-state index contributed by atoms with van der Waals surface area (Å²) < 4.78 is 26.1. The summed E-state index contributed by atoms with van der Waals surface area (Å²) in [4.78, 5) is -3.70. The Morgan fingerprint density at radius 2 is 1.23 bits per heavy atom. The molecule has 0 saturated carbocycles. The highest BCUT2D eigenvalue weighted by Gasteiger charge is 2.58. The van der Waals surface area contributed by atoms with Gasteiger partial charge in [-0.1, -0.05) is 17.7 Å². The van der Waals surface area contributed by atoms with Gasteiger partial charge >= 0.3 is 0 Å². The Hall–Kier alpha value is -1.87. The Balaban J connectivity index is 3.78. The van der Waals surface area contributed by atoms with E-state index in [9.17, 15) is 34.0 Å². The Kier molecular flexibility index (Phi) is 6.64. The first kappa shape index (κ1) is 22.2. The molecule has 26 heavy (non-hydrogen) atoms.